The van der Waals surface area contributed by atoms with Crippen LogP contribution in [-0.2, 0) is 10.0 Å². The van der Waals surface area contributed by atoms with Crippen molar-refractivity contribution in [3.05, 3.63) is 89.3 Å². The van der Waals surface area contributed by atoms with Gasteiger partial charge in [-0.3, -0.25) is 4.72 Å². The average Bonchev–Trinajstić information content (AvgIpc) is 2.75. The second-order valence-corrected chi connectivity index (χ2v) is 9.33. The maximum Gasteiger partial charge on any atom is 0.263 e. The minimum Gasteiger partial charge on any atom is -0.340 e. The molecule has 0 aliphatic rings. The van der Waals surface area contributed by atoms with Gasteiger partial charge in [-0.25, -0.2) is 23.4 Å². The van der Waals surface area contributed by atoms with E-state index in [1.807, 2.05) is 19.1 Å². The number of nitrogens with one attached hydrogen (secondary N) is 3. The molecule has 0 saturated heterocycles. The number of rotatable bonds is 7. The third-order valence-electron chi connectivity index (χ3n) is 4.55. The van der Waals surface area contributed by atoms with E-state index in [1.165, 1.54) is 12.1 Å². The Kier molecular flexibility index (Phi) is 6.43. The van der Waals surface area contributed by atoms with Crippen LogP contribution in [0.2, 0.25) is 5.02 Å². The van der Waals surface area contributed by atoms with E-state index in [0.717, 1.165) is 11.3 Å². The topological polar surface area (TPSA) is 109 Å². The molecule has 2 aromatic heterocycles. The zero-order valence-corrected chi connectivity index (χ0v) is 19.4. The standard InChI is InChI=1S/C23H21ClN6O2S/c1-15-11-12-25-21(13-15)29-23-14-22(26-16(2)27-23)28-17-7-9-18(10-8-17)30-33(31,32)20-6-4-3-5-19(20)24/h3-14,30H,1-2H3,(H2,25,26,27,28,29). The van der Waals surface area contributed by atoms with Gasteiger partial charge in [0.15, 0.2) is 0 Å². The number of aryl methyl sites for hydroxylation is 2. The lowest BCUT2D eigenvalue weighted by molar-refractivity contribution is 0.601. The first-order valence-corrected chi connectivity index (χ1v) is 11.8. The average molecular weight is 481 g/mol. The molecule has 0 aliphatic carbocycles. The predicted octanol–water partition coefficient (Wildman–Crippen LogP) is 5.43. The number of anilines is 5. The third-order valence-corrected chi connectivity index (χ3v) is 6.43. The van der Waals surface area contributed by atoms with Gasteiger partial charge < -0.3 is 10.6 Å². The zero-order valence-electron chi connectivity index (χ0n) is 17.9. The molecule has 33 heavy (non-hydrogen) atoms. The van der Waals surface area contributed by atoms with E-state index in [0.29, 0.717) is 29.0 Å². The molecule has 0 amide bonds. The Morgan fingerprint density at radius 2 is 1.45 bits per heavy atom. The number of benzene rings is 2. The molecule has 4 aromatic rings. The second kappa shape index (κ2) is 9.43. The van der Waals surface area contributed by atoms with Gasteiger partial charge >= 0.3 is 0 Å². The molecule has 2 aromatic carbocycles. The van der Waals surface area contributed by atoms with Crippen LogP contribution in [0.3, 0.4) is 0 Å². The van der Waals surface area contributed by atoms with Crippen LogP contribution in [-0.4, -0.2) is 23.4 Å². The Hall–Kier alpha value is -3.69. The second-order valence-electron chi connectivity index (χ2n) is 7.27. The van der Waals surface area contributed by atoms with Crippen molar-refractivity contribution >= 4 is 50.5 Å². The zero-order chi connectivity index (χ0) is 23.4. The number of pyridine rings is 1. The van der Waals surface area contributed by atoms with Gasteiger partial charge in [0.2, 0.25) is 0 Å². The van der Waals surface area contributed by atoms with Crippen molar-refractivity contribution < 1.29 is 8.42 Å². The number of nitrogens with zero attached hydrogens (tertiary/aromatic N) is 3. The first-order valence-electron chi connectivity index (χ1n) is 9.98. The summed E-state index contributed by atoms with van der Waals surface area (Å²) in [4.78, 5) is 13.1. The number of aromatic nitrogens is 3. The molecule has 0 aliphatic heterocycles. The molecule has 0 bridgehead atoms. The van der Waals surface area contributed by atoms with Crippen LogP contribution in [0.15, 0.2) is 77.8 Å². The number of hydrogen-bond donors (Lipinski definition) is 3. The van der Waals surface area contributed by atoms with Crippen LogP contribution < -0.4 is 15.4 Å². The van der Waals surface area contributed by atoms with E-state index in [2.05, 4.69) is 30.3 Å². The minimum absolute atomic E-state index is 0.0217. The number of sulfonamides is 1. The van der Waals surface area contributed by atoms with Crippen molar-refractivity contribution in [2.75, 3.05) is 15.4 Å². The fraction of sp³-hybridized carbons (Fsp3) is 0.0870. The predicted molar refractivity (Wildman–Crippen MR) is 131 cm³/mol. The quantitative estimate of drug-likeness (QED) is 0.323. The van der Waals surface area contributed by atoms with Gasteiger partial charge in [0, 0.05) is 23.6 Å². The normalized spacial score (nSPS) is 11.1. The summed E-state index contributed by atoms with van der Waals surface area (Å²) in [5.74, 6) is 2.46. The van der Waals surface area contributed by atoms with E-state index in [-0.39, 0.29) is 9.92 Å². The Bertz CT molecular complexity index is 1390. The van der Waals surface area contributed by atoms with Gasteiger partial charge in [-0.15, -0.1) is 0 Å². The van der Waals surface area contributed by atoms with E-state index in [4.69, 9.17) is 11.6 Å². The molecule has 3 N–H and O–H groups in total. The van der Waals surface area contributed by atoms with Gasteiger partial charge in [0.05, 0.1) is 5.02 Å². The van der Waals surface area contributed by atoms with Crippen molar-refractivity contribution in [2.24, 2.45) is 0 Å². The van der Waals surface area contributed by atoms with Gasteiger partial charge in [0.1, 0.15) is 28.2 Å². The summed E-state index contributed by atoms with van der Waals surface area (Å²) < 4.78 is 27.7. The van der Waals surface area contributed by atoms with E-state index in [1.54, 1.807) is 55.6 Å². The van der Waals surface area contributed by atoms with Crippen molar-refractivity contribution in [1.29, 1.82) is 0 Å². The summed E-state index contributed by atoms with van der Waals surface area (Å²) in [6, 6.07) is 18.7. The lowest BCUT2D eigenvalue weighted by Crippen LogP contribution is -2.13. The monoisotopic (exact) mass is 480 g/mol. The molecule has 0 atom stereocenters. The smallest absolute Gasteiger partial charge is 0.263 e. The van der Waals surface area contributed by atoms with Crippen molar-refractivity contribution in [2.45, 2.75) is 18.7 Å². The van der Waals surface area contributed by atoms with Crippen LogP contribution >= 0.6 is 11.6 Å². The molecule has 0 spiro atoms. The highest BCUT2D eigenvalue weighted by atomic mass is 35.5. The Morgan fingerprint density at radius 3 is 2.15 bits per heavy atom. The molecule has 168 valence electrons. The highest BCUT2D eigenvalue weighted by molar-refractivity contribution is 7.92. The maximum absolute atomic E-state index is 12.6. The Morgan fingerprint density at radius 1 is 0.788 bits per heavy atom. The van der Waals surface area contributed by atoms with Crippen LogP contribution in [0.4, 0.5) is 28.8 Å². The van der Waals surface area contributed by atoms with Crippen LogP contribution in [0.25, 0.3) is 0 Å². The summed E-state index contributed by atoms with van der Waals surface area (Å²) in [6.07, 6.45) is 1.73. The fourth-order valence-corrected chi connectivity index (χ4v) is 4.65. The first-order chi connectivity index (χ1) is 15.8. The lowest BCUT2D eigenvalue weighted by Gasteiger charge is -2.12. The largest absolute Gasteiger partial charge is 0.340 e. The van der Waals surface area contributed by atoms with E-state index >= 15 is 0 Å². The summed E-state index contributed by atoms with van der Waals surface area (Å²) in [5, 5.41) is 6.54. The number of hydrogen-bond acceptors (Lipinski definition) is 7. The fourth-order valence-electron chi connectivity index (χ4n) is 3.07. The van der Waals surface area contributed by atoms with Crippen molar-refractivity contribution in [3.63, 3.8) is 0 Å². The third kappa shape index (κ3) is 5.76. The Labute approximate surface area is 197 Å². The van der Waals surface area contributed by atoms with Crippen molar-refractivity contribution in [3.8, 4) is 0 Å². The van der Waals surface area contributed by atoms with Gasteiger partial charge in [0.25, 0.3) is 10.0 Å². The summed E-state index contributed by atoms with van der Waals surface area (Å²) in [5.41, 5.74) is 2.22. The first kappa shape index (κ1) is 22.5. The van der Waals surface area contributed by atoms with E-state index in [9.17, 15) is 8.42 Å². The SMILES string of the molecule is Cc1ccnc(Nc2cc(Nc3ccc(NS(=O)(=O)c4ccccc4Cl)cc3)nc(C)n2)c1. The number of halogens is 1. The van der Waals surface area contributed by atoms with Crippen LogP contribution in [0, 0.1) is 13.8 Å². The van der Waals surface area contributed by atoms with Gasteiger partial charge in [-0.2, -0.15) is 0 Å². The maximum atomic E-state index is 12.6. The highest BCUT2D eigenvalue weighted by Gasteiger charge is 2.17. The molecule has 2 heterocycles. The molecular weight excluding hydrogens is 460 g/mol. The summed E-state index contributed by atoms with van der Waals surface area (Å²) in [6.45, 7) is 3.79. The molecule has 10 heteroatoms. The summed E-state index contributed by atoms with van der Waals surface area (Å²) >= 11 is 6.02. The molecule has 0 fully saturated rings. The molecule has 0 saturated carbocycles. The molecule has 8 nitrogen and oxygen atoms in total. The van der Waals surface area contributed by atoms with Crippen LogP contribution in [0.1, 0.15) is 11.4 Å². The molecular formula is C23H21ClN6O2S. The lowest BCUT2D eigenvalue weighted by atomic mass is 10.3. The van der Waals surface area contributed by atoms with Gasteiger partial charge in [-0.05, 0) is 67.9 Å². The van der Waals surface area contributed by atoms with Crippen molar-refractivity contribution in [1.82, 2.24) is 15.0 Å². The molecule has 4 rings (SSSR count). The summed E-state index contributed by atoms with van der Waals surface area (Å²) in [7, 11) is -3.80. The van der Waals surface area contributed by atoms with Gasteiger partial charge in [-0.1, -0.05) is 23.7 Å². The highest BCUT2D eigenvalue weighted by Crippen LogP contribution is 2.25. The van der Waals surface area contributed by atoms with Crippen LogP contribution in [0.5, 0.6) is 0 Å². The molecule has 0 radical (unpaired) electrons. The van der Waals surface area contributed by atoms with E-state index < -0.39 is 10.0 Å². The minimum atomic E-state index is -3.80. The molecule has 0 unspecified atom stereocenters. The Balaban J connectivity index is 1.48.